The Morgan fingerprint density at radius 3 is 2.53 bits per heavy atom. The zero-order valence-electron chi connectivity index (χ0n) is 9.11. The smallest absolute Gasteiger partial charge is 0.213 e. The van der Waals surface area contributed by atoms with Gasteiger partial charge in [0.25, 0.3) is 0 Å². The lowest BCUT2D eigenvalue weighted by atomic mass is 10.0. The zero-order valence-corrected chi connectivity index (χ0v) is 9.93. The molecule has 90 valence electrons. The number of hydrogen-bond donors (Lipinski definition) is 2. The molecule has 0 amide bonds. The Balaban J connectivity index is 2.05. The summed E-state index contributed by atoms with van der Waals surface area (Å²) in [6.07, 6.45) is 7.32. The highest BCUT2D eigenvalue weighted by molar-refractivity contribution is 7.89. The van der Waals surface area contributed by atoms with Gasteiger partial charge < -0.3 is 5.11 Å². The van der Waals surface area contributed by atoms with Crippen molar-refractivity contribution in [1.29, 1.82) is 0 Å². The maximum atomic E-state index is 11.2. The van der Waals surface area contributed by atoms with Crippen molar-refractivity contribution in [3.63, 3.8) is 0 Å². The van der Waals surface area contributed by atoms with Crippen LogP contribution >= 0.6 is 0 Å². The molecule has 15 heavy (non-hydrogen) atoms. The van der Waals surface area contributed by atoms with Gasteiger partial charge in [0.2, 0.25) is 10.0 Å². The van der Waals surface area contributed by atoms with Crippen LogP contribution in [0.4, 0.5) is 0 Å². The molecule has 1 fully saturated rings. The first-order valence-electron chi connectivity index (χ1n) is 5.72. The first kappa shape index (κ1) is 12.9. The third-order valence-electron chi connectivity index (χ3n) is 2.95. The molecule has 0 spiro atoms. The number of nitrogens with one attached hydrogen (secondary N) is 1. The van der Waals surface area contributed by atoms with Crippen molar-refractivity contribution in [3.8, 4) is 0 Å². The normalized spacial score (nSPS) is 18.5. The van der Waals surface area contributed by atoms with Crippen LogP contribution in [-0.2, 0) is 10.0 Å². The molecular formula is C10H21NO3S. The lowest BCUT2D eigenvalue weighted by Gasteiger charge is -2.09. The van der Waals surface area contributed by atoms with Gasteiger partial charge in [0.05, 0.1) is 12.4 Å². The van der Waals surface area contributed by atoms with E-state index < -0.39 is 10.0 Å². The summed E-state index contributed by atoms with van der Waals surface area (Å²) in [5.41, 5.74) is 0. The van der Waals surface area contributed by atoms with Crippen molar-refractivity contribution in [2.45, 2.75) is 38.5 Å². The molecular weight excluding hydrogens is 214 g/mol. The van der Waals surface area contributed by atoms with E-state index in [1.54, 1.807) is 0 Å². The Bertz CT molecular complexity index is 258. The molecule has 0 bridgehead atoms. The van der Waals surface area contributed by atoms with Gasteiger partial charge in [0.1, 0.15) is 0 Å². The zero-order chi connectivity index (χ0) is 11.1. The monoisotopic (exact) mass is 235 g/mol. The van der Waals surface area contributed by atoms with Crippen molar-refractivity contribution in [2.24, 2.45) is 5.92 Å². The van der Waals surface area contributed by atoms with Crippen molar-refractivity contribution >= 4 is 10.0 Å². The van der Waals surface area contributed by atoms with E-state index in [1.807, 2.05) is 0 Å². The van der Waals surface area contributed by atoms with E-state index >= 15 is 0 Å². The second-order valence-corrected chi connectivity index (χ2v) is 6.16. The summed E-state index contributed by atoms with van der Waals surface area (Å²) in [5, 5.41) is 8.51. The standard InChI is InChI=1S/C10H21NO3S/c12-8-9-15(13,14)11-7-3-6-10-4-1-2-5-10/h10-12H,1-9H2. The molecule has 1 rings (SSSR count). The molecule has 1 aliphatic carbocycles. The van der Waals surface area contributed by atoms with Gasteiger partial charge in [-0.2, -0.15) is 0 Å². The van der Waals surface area contributed by atoms with Crippen LogP contribution in [0.1, 0.15) is 38.5 Å². The molecule has 0 radical (unpaired) electrons. The summed E-state index contributed by atoms with van der Waals surface area (Å²) >= 11 is 0. The lowest BCUT2D eigenvalue weighted by Crippen LogP contribution is -2.28. The fraction of sp³-hybridized carbons (Fsp3) is 1.00. The average molecular weight is 235 g/mol. The van der Waals surface area contributed by atoms with Crippen LogP contribution in [0.15, 0.2) is 0 Å². The highest BCUT2D eigenvalue weighted by atomic mass is 32.2. The van der Waals surface area contributed by atoms with E-state index in [1.165, 1.54) is 25.7 Å². The van der Waals surface area contributed by atoms with Crippen molar-refractivity contribution in [3.05, 3.63) is 0 Å². The quantitative estimate of drug-likeness (QED) is 0.643. The van der Waals surface area contributed by atoms with Crippen LogP contribution in [0.2, 0.25) is 0 Å². The van der Waals surface area contributed by atoms with Gasteiger partial charge in [-0.25, -0.2) is 13.1 Å². The number of aliphatic hydroxyl groups is 1. The molecule has 0 aliphatic heterocycles. The first-order chi connectivity index (χ1) is 7.14. The molecule has 0 heterocycles. The second-order valence-electron chi connectivity index (χ2n) is 4.23. The van der Waals surface area contributed by atoms with Gasteiger partial charge in [-0.15, -0.1) is 0 Å². The minimum atomic E-state index is -3.23. The molecule has 0 unspecified atom stereocenters. The minimum Gasteiger partial charge on any atom is -0.395 e. The Labute approximate surface area is 92.1 Å². The fourth-order valence-electron chi connectivity index (χ4n) is 2.11. The molecule has 1 saturated carbocycles. The number of aliphatic hydroxyl groups excluding tert-OH is 1. The third-order valence-corrected chi connectivity index (χ3v) is 4.31. The predicted octanol–water partition coefficient (Wildman–Crippen LogP) is 0.868. The van der Waals surface area contributed by atoms with Crippen LogP contribution in [0.3, 0.4) is 0 Å². The van der Waals surface area contributed by atoms with Gasteiger partial charge in [-0.05, 0) is 18.8 Å². The lowest BCUT2D eigenvalue weighted by molar-refractivity contribution is 0.319. The Morgan fingerprint density at radius 1 is 1.27 bits per heavy atom. The Morgan fingerprint density at radius 2 is 1.93 bits per heavy atom. The van der Waals surface area contributed by atoms with Gasteiger partial charge in [0, 0.05) is 6.54 Å². The van der Waals surface area contributed by atoms with Crippen LogP contribution in [0.5, 0.6) is 0 Å². The van der Waals surface area contributed by atoms with Crippen LogP contribution in [0.25, 0.3) is 0 Å². The maximum Gasteiger partial charge on any atom is 0.213 e. The van der Waals surface area contributed by atoms with Crippen molar-refractivity contribution in [2.75, 3.05) is 18.9 Å². The topological polar surface area (TPSA) is 66.4 Å². The first-order valence-corrected chi connectivity index (χ1v) is 7.37. The van der Waals surface area contributed by atoms with Crippen LogP contribution < -0.4 is 4.72 Å². The molecule has 1 aliphatic rings. The minimum absolute atomic E-state index is 0.184. The predicted molar refractivity (Wildman–Crippen MR) is 60.1 cm³/mol. The van der Waals surface area contributed by atoms with E-state index in [0.29, 0.717) is 6.54 Å². The van der Waals surface area contributed by atoms with Crippen molar-refractivity contribution in [1.82, 2.24) is 4.72 Å². The summed E-state index contributed by atoms with van der Waals surface area (Å²) in [6, 6.07) is 0. The molecule has 0 aromatic heterocycles. The van der Waals surface area contributed by atoms with E-state index in [0.717, 1.165) is 18.8 Å². The highest BCUT2D eigenvalue weighted by Gasteiger charge is 2.14. The Hall–Kier alpha value is -0.130. The van der Waals surface area contributed by atoms with E-state index in [9.17, 15) is 8.42 Å². The Kier molecular flexibility index (Phi) is 5.56. The molecule has 0 atom stereocenters. The number of sulfonamides is 1. The molecule has 5 heteroatoms. The maximum absolute atomic E-state index is 11.2. The number of rotatable bonds is 7. The van der Waals surface area contributed by atoms with Gasteiger partial charge in [-0.3, -0.25) is 0 Å². The molecule has 2 N–H and O–H groups in total. The largest absolute Gasteiger partial charge is 0.395 e. The summed E-state index contributed by atoms with van der Waals surface area (Å²) in [7, 11) is -3.23. The average Bonchev–Trinajstić information content (AvgIpc) is 2.65. The van der Waals surface area contributed by atoms with Gasteiger partial charge in [-0.1, -0.05) is 25.7 Å². The van der Waals surface area contributed by atoms with Gasteiger partial charge >= 0.3 is 0 Å². The summed E-state index contributed by atoms with van der Waals surface area (Å²) in [4.78, 5) is 0. The molecule has 0 aromatic carbocycles. The van der Waals surface area contributed by atoms with Crippen molar-refractivity contribution < 1.29 is 13.5 Å². The van der Waals surface area contributed by atoms with Gasteiger partial charge in [0.15, 0.2) is 0 Å². The SMILES string of the molecule is O=S(=O)(CCO)NCCCC1CCCC1. The third kappa shape index (κ3) is 5.49. The highest BCUT2D eigenvalue weighted by Crippen LogP contribution is 2.28. The number of hydrogen-bond acceptors (Lipinski definition) is 3. The van der Waals surface area contributed by atoms with E-state index in [2.05, 4.69) is 4.72 Å². The van der Waals surface area contributed by atoms with E-state index in [4.69, 9.17) is 5.11 Å². The molecule has 0 saturated heterocycles. The second kappa shape index (κ2) is 6.45. The summed E-state index contributed by atoms with van der Waals surface area (Å²) < 4.78 is 24.8. The van der Waals surface area contributed by atoms with Crippen LogP contribution in [0, 0.1) is 5.92 Å². The molecule has 0 aromatic rings. The van der Waals surface area contributed by atoms with Crippen LogP contribution in [-0.4, -0.2) is 32.4 Å². The summed E-state index contributed by atoms with van der Waals surface area (Å²) in [5.74, 6) is 0.628. The molecule has 4 nitrogen and oxygen atoms in total. The summed E-state index contributed by atoms with van der Waals surface area (Å²) in [6.45, 7) is 0.205. The van der Waals surface area contributed by atoms with E-state index in [-0.39, 0.29) is 12.4 Å². The fourth-order valence-corrected chi connectivity index (χ4v) is 2.95.